The summed E-state index contributed by atoms with van der Waals surface area (Å²) >= 11 is 0. The molecule has 0 aromatic rings. The molecule has 4 nitrogen and oxygen atoms in total. The molecule has 0 saturated heterocycles. The van der Waals surface area contributed by atoms with Crippen molar-refractivity contribution < 1.29 is 14.7 Å². The summed E-state index contributed by atoms with van der Waals surface area (Å²) in [4.78, 5) is 23.6. The van der Waals surface area contributed by atoms with Gasteiger partial charge in [0, 0.05) is 6.42 Å². The molecule has 1 aliphatic carbocycles. The van der Waals surface area contributed by atoms with Crippen molar-refractivity contribution in [2.24, 2.45) is 0 Å². The van der Waals surface area contributed by atoms with Gasteiger partial charge in [-0.1, -0.05) is 58.3 Å². The lowest BCUT2D eigenvalue weighted by Gasteiger charge is -2.28. The molecule has 0 bridgehead atoms. The number of amides is 1. The summed E-state index contributed by atoms with van der Waals surface area (Å²) in [6, 6.07) is -0.160. The van der Waals surface area contributed by atoms with Crippen LogP contribution in [0, 0.1) is 0 Å². The molecule has 0 radical (unpaired) electrons. The van der Waals surface area contributed by atoms with Gasteiger partial charge in [0.2, 0.25) is 5.91 Å². The second kappa shape index (κ2) is 11.6. The van der Waals surface area contributed by atoms with Crippen molar-refractivity contribution in [2.75, 3.05) is 0 Å². The third-order valence-corrected chi connectivity index (χ3v) is 4.49. The predicted molar refractivity (Wildman–Crippen MR) is 88.6 cm³/mol. The minimum Gasteiger partial charge on any atom is -0.391 e. The van der Waals surface area contributed by atoms with Crippen LogP contribution in [0.5, 0.6) is 0 Å². The van der Waals surface area contributed by atoms with Gasteiger partial charge in [-0.25, -0.2) is 0 Å². The van der Waals surface area contributed by atoms with Crippen LogP contribution in [-0.4, -0.2) is 28.9 Å². The lowest BCUT2D eigenvalue weighted by molar-refractivity contribution is -0.129. The van der Waals surface area contributed by atoms with Gasteiger partial charge in [-0.3, -0.25) is 9.59 Å². The third kappa shape index (κ3) is 8.52. The molecule has 2 atom stereocenters. The summed E-state index contributed by atoms with van der Waals surface area (Å²) in [6.45, 7) is 2.20. The van der Waals surface area contributed by atoms with Crippen LogP contribution in [0.3, 0.4) is 0 Å². The van der Waals surface area contributed by atoms with Gasteiger partial charge in [-0.15, -0.1) is 0 Å². The zero-order valence-corrected chi connectivity index (χ0v) is 14.1. The molecule has 1 amide bonds. The molecule has 0 unspecified atom stereocenters. The van der Waals surface area contributed by atoms with Crippen LogP contribution in [-0.2, 0) is 9.59 Å². The second-order valence-corrected chi connectivity index (χ2v) is 6.61. The number of carbonyl (C=O) groups excluding carboxylic acids is 2. The Bertz CT molecular complexity index is 330. The maximum Gasteiger partial charge on any atom is 0.227 e. The third-order valence-electron chi connectivity index (χ3n) is 4.49. The molecular formula is C18H33NO3. The number of ketones is 1. The number of nitrogens with one attached hydrogen (secondary N) is 1. The predicted octanol–water partition coefficient (Wildman–Crippen LogP) is 3.51. The number of unbranched alkanes of at least 4 members (excludes halogenated alkanes) is 6. The molecule has 0 spiro atoms. The second-order valence-electron chi connectivity index (χ2n) is 6.61. The maximum absolute atomic E-state index is 11.8. The van der Waals surface area contributed by atoms with Crippen molar-refractivity contribution in [3.05, 3.63) is 0 Å². The van der Waals surface area contributed by atoms with Crippen molar-refractivity contribution >= 4 is 11.7 Å². The van der Waals surface area contributed by atoms with Crippen LogP contribution >= 0.6 is 0 Å². The quantitative estimate of drug-likeness (QED) is 0.453. The van der Waals surface area contributed by atoms with E-state index in [1.54, 1.807) is 0 Å². The van der Waals surface area contributed by atoms with E-state index >= 15 is 0 Å². The van der Waals surface area contributed by atoms with Gasteiger partial charge in [0.15, 0.2) is 0 Å². The number of Topliss-reactive ketones (excluding diaryl/α,β-unsaturated/α-hetero) is 1. The SMILES string of the molecule is CCCCCCCCCC(=O)CC(=O)N[C@H]1CCCC[C@H]1O. The summed E-state index contributed by atoms with van der Waals surface area (Å²) in [6.07, 6.45) is 11.9. The van der Waals surface area contributed by atoms with Crippen LogP contribution < -0.4 is 5.32 Å². The van der Waals surface area contributed by atoms with E-state index in [-0.39, 0.29) is 24.2 Å². The standard InChI is InChI=1S/C18H33NO3/c1-2-3-4-5-6-7-8-11-15(20)14-18(22)19-16-12-9-10-13-17(16)21/h16-17,21H,2-14H2,1H3,(H,19,22)/t16-,17+/m0/s1. The Labute approximate surface area is 135 Å². The van der Waals surface area contributed by atoms with Crippen LogP contribution in [0.2, 0.25) is 0 Å². The fourth-order valence-corrected chi connectivity index (χ4v) is 3.08. The largest absolute Gasteiger partial charge is 0.391 e. The van der Waals surface area contributed by atoms with E-state index in [2.05, 4.69) is 12.2 Å². The van der Waals surface area contributed by atoms with Gasteiger partial charge >= 0.3 is 0 Å². The molecule has 0 heterocycles. The summed E-state index contributed by atoms with van der Waals surface area (Å²) in [5.41, 5.74) is 0. The van der Waals surface area contributed by atoms with Gasteiger partial charge in [-0.2, -0.15) is 0 Å². The highest BCUT2D eigenvalue weighted by atomic mass is 16.3. The number of hydrogen-bond acceptors (Lipinski definition) is 3. The van der Waals surface area contributed by atoms with Gasteiger partial charge in [0.05, 0.1) is 18.6 Å². The number of aliphatic hydroxyl groups excluding tert-OH is 1. The Morgan fingerprint density at radius 3 is 2.32 bits per heavy atom. The van der Waals surface area contributed by atoms with E-state index in [1.165, 1.54) is 32.1 Å². The van der Waals surface area contributed by atoms with Gasteiger partial charge < -0.3 is 10.4 Å². The number of carbonyl (C=O) groups is 2. The highest BCUT2D eigenvalue weighted by molar-refractivity contribution is 5.98. The van der Waals surface area contributed by atoms with Crippen LogP contribution in [0.25, 0.3) is 0 Å². The first-order valence-corrected chi connectivity index (χ1v) is 9.12. The smallest absolute Gasteiger partial charge is 0.227 e. The molecule has 4 heteroatoms. The van der Waals surface area contributed by atoms with Gasteiger partial charge in [-0.05, 0) is 19.3 Å². The van der Waals surface area contributed by atoms with Gasteiger partial charge in [0.25, 0.3) is 0 Å². The molecule has 1 fully saturated rings. The topological polar surface area (TPSA) is 66.4 Å². The molecule has 2 N–H and O–H groups in total. The first-order chi connectivity index (χ1) is 10.6. The van der Waals surface area contributed by atoms with Crippen molar-refractivity contribution in [1.82, 2.24) is 5.32 Å². The Kier molecular flexibility index (Phi) is 10.1. The Hall–Kier alpha value is -0.900. The Morgan fingerprint density at radius 2 is 1.64 bits per heavy atom. The molecular weight excluding hydrogens is 278 g/mol. The number of rotatable bonds is 11. The van der Waals surface area contributed by atoms with E-state index in [1.807, 2.05) is 0 Å². The minimum atomic E-state index is -0.448. The van der Waals surface area contributed by atoms with E-state index < -0.39 is 6.10 Å². The lowest BCUT2D eigenvalue weighted by Crippen LogP contribution is -2.45. The van der Waals surface area contributed by atoms with E-state index in [9.17, 15) is 14.7 Å². The molecule has 1 saturated carbocycles. The summed E-state index contributed by atoms with van der Waals surface area (Å²) in [5.74, 6) is -0.199. The number of hydrogen-bond donors (Lipinski definition) is 2. The monoisotopic (exact) mass is 311 g/mol. The molecule has 0 aromatic carbocycles. The molecule has 128 valence electrons. The normalized spacial score (nSPS) is 21.5. The van der Waals surface area contributed by atoms with Crippen LogP contribution in [0.4, 0.5) is 0 Å². The Morgan fingerprint density at radius 1 is 1.00 bits per heavy atom. The van der Waals surface area contributed by atoms with Crippen molar-refractivity contribution in [3.63, 3.8) is 0 Å². The zero-order valence-electron chi connectivity index (χ0n) is 14.1. The molecule has 1 aliphatic rings. The highest BCUT2D eigenvalue weighted by Gasteiger charge is 2.24. The van der Waals surface area contributed by atoms with Crippen molar-refractivity contribution in [1.29, 1.82) is 0 Å². The molecule has 22 heavy (non-hydrogen) atoms. The zero-order chi connectivity index (χ0) is 16.2. The van der Waals surface area contributed by atoms with Gasteiger partial charge in [0.1, 0.15) is 5.78 Å². The summed E-state index contributed by atoms with van der Waals surface area (Å²) < 4.78 is 0. The summed E-state index contributed by atoms with van der Waals surface area (Å²) in [7, 11) is 0. The fourth-order valence-electron chi connectivity index (χ4n) is 3.08. The van der Waals surface area contributed by atoms with E-state index in [0.29, 0.717) is 6.42 Å². The summed E-state index contributed by atoms with van der Waals surface area (Å²) in [5, 5.41) is 12.6. The highest BCUT2D eigenvalue weighted by Crippen LogP contribution is 2.18. The number of aliphatic hydroxyl groups is 1. The molecule has 1 rings (SSSR count). The molecule has 0 aliphatic heterocycles. The fraction of sp³-hybridized carbons (Fsp3) is 0.889. The van der Waals surface area contributed by atoms with Crippen LogP contribution in [0.1, 0.15) is 90.4 Å². The minimum absolute atomic E-state index is 0.0244. The van der Waals surface area contributed by atoms with Crippen molar-refractivity contribution in [2.45, 2.75) is 103 Å². The first-order valence-electron chi connectivity index (χ1n) is 9.12. The molecule has 0 aromatic heterocycles. The van der Waals surface area contributed by atoms with Crippen LogP contribution in [0.15, 0.2) is 0 Å². The first kappa shape index (κ1) is 19.1. The maximum atomic E-state index is 11.8. The lowest BCUT2D eigenvalue weighted by atomic mass is 9.92. The van der Waals surface area contributed by atoms with E-state index in [0.717, 1.165) is 38.5 Å². The average Bonchev–Trinajstić information content (AvgIpc) is 2.48. The average molecular weight is 311 g/mol. The van der Waals surface area contributed by atoms with Crippen molar-refractivity contribution in [3.8, 4) is 0 Å². The van der Waals surface area contributed by atoms with E-state index in [4.69, 9.17) is 0 Å². The Balaban J connectivity index is 2.05.